The van der Waals surface area contributed by atoms with Crippen molar-refractivity contribution in [1.82, 2.24) is 4.90 Å². The summed E-state index contributed by atoms with van der Waals surface area (Å²) in [5.74, 6) is 1.64. The van der Waals surface area contributed by atoms with Crippen LogP contribution in [-0.2, 0) is 4.79 Å². The molecule has 0 aromatic heterocycles. The third-order valence-corrected chi connectivity index (χ3v) is 4.47. The van der Waals surface area contributed by atoms with Crippen LogP contribution < -0.4 is 14.2 Å². The molecule has 154 valence electrons. The molecule has 6 heteroatoms. The Morgan fingerprint density at radius 2 is 1.59 bits per heavy atom. The van der Waals surface area contributed by atoms with E-state index in [0.717, 1.165) is 5.56 Å². The summed E-state index contributed by atoms with van der Waals surface area (Å²) in [4.78, 5) is 26.1. The normalized spacial score (nSPS) is 10.6. The molecule has 2 rings (SSSR count). The molecule has 2 aromatic rings. The number of allylic oxidation sites excluding steroid dienone is 1. The molecular formula is C23H27NO5. The lowest BCUT2D eigenvalue weighted by Crippen LogP contribution is -2.34. The van der Waals surface area contributed by atoms with E-state index in [1.54, 1.807) is 61.6 Å². The Morgan fingerprint density at radius 1 is 0.931 bits per heavy atom. The maximum atomic E-state index is 12.4. The number of likely N-dealkylation sites (N-methyl/N-ethyl adjacent to an activating group) is 1. The van der Waals surface area contributed by atoms with Crippen LogP contribution in [0.4, 0.5) is 0 Å². The lowest BCUT2D eigenvalue weighted by molar-refractivity contribution is -0.132. The van der Waals surface area contributed by atoms with Crippen molar-refractivity contribution < 1.29 is 23.8 Å². The molecule has 0 aliphatic heterocycles. The topological polar surface area (TPSA) is 65.1 Å². The van der Waals surface area contributed by atoms with Crippen LogP contribution in [0.2, 0.25) is 0 Å². The summed E-state index contributed by atoms with van der Waals surface area (Å²) in [6, 6.07) is 12.1. The molecule has 0 aliphatic rings. The van der Waals surface area contributed by atoms with Crippen LogP contribution in [0.1, 0.15) is 29.8 Å². The Morgan fingerprint density at radius 3 is 2.17 bits per heavy atom. The van der Waals surface area contributed by atoms with E-state index in [0.29, 0.717) is 35.9 Å². The van der Waals surface area contributed by atoms with E-state index in [1.165, 1.54) is 6.08 Å². The van der Waals surface area contributed by atoms with Crippen LogP contribution in [0.25, 0.3) is 6.08 Å². The highest BCUT2D eigenvalue weighted by atomic mass is 16.5. The minimum Gasteiger partial charge on any atom is -0.497 e. The van der Waals surface area contributed by atoms with Gasteiger partial charge in [-0.1, -0.05) is 0 Å². The summed E-state index contributed by atoms with van der Waals surface area (Å²) >= 11 is 0. The minimum atomic E-state index is -0.145. The van der Waals surface area contributed by atoms with Gasteiger partial charge in [-0.2, -0.15) is 0 Å². The Bertz CT molecular complexity index is 854. The summed E-state index contributed by atoms with van der Waals surface area (Å²) in [6.45, 7) is 5.13. The second-order valence-electron chi connectivity index (χ2n) is 6.18. The van der Waals surface area contributed by atoms with E-state index >= 15 is 0 Å². The first-order valence-electron chi connectivity index (χ1n) is 9.47. The molecule has 0 N–H and O–H groups in total. The minimum absolute atomic E-state index is 0.0217. The number of methoxy groups -OCH3 is 2. The van der Waals surface area contributed by atoms with Crippen molar-refractivity contribution in [3.63, 3.8) is 0 Å². The second kappa shape index (κ2) is 10.9. The van der Waals surface area contributed by atoms with E-state index in [4.69, 9.17) is 14.2 Å². The smallest absolute Gasteiger partial charge is 0.260 e. The lowest BCUT2D eigenvalue weighted by atomic mass is 10.1. The molecular weight excluding hydrogens is 370 g/mol. The SMILES string of the molecule is CCN(CC)C(=O)COc1ccc(C(=O)/C=C/c2ccc(OC)cc2OC)cc1. The molecule has 2 aromatic carbocycles. The average molecular weight is 397 g/mol. The van der Waals surface area contributed by atoms with Crippen LogP contribution in [0.3, 0.4) is 0 Å². The quantitative estimate of drug-likeness (QED) is 0.450. The van der Waals surface area contributed by atoms with Gasteiger partial charge in [-0.25, -0.2) is 0 Å². The van der Waals surface area contributed by atoms with Crippen molar-refractivity contribution in [3.05, 3.63) is 59.7 Å². The van der Waals surface area contributed by atoms with Gasteiger partial charge in [-0.15, -0.1) is 0 Å². The van der Waals surface area contributed by atoms with E-state index < -0.39 is 0 Å². The molecule has 29 heavy (non-hydrogen) atoms. The molecule has 0 unspecified atom stereocenters. The number of amides is 1. The van der Waals surface area contributed by atoms with Crippen molar-refractivity contribution in [2.45, 2.75) is 13.8 Å². The molecule has 0 heterocycles. The van der Waals surface area contributed by atoms with Crippen LogP contribution >= 0.6 is 0 Å². The fourth-order valence-electron chi connectivity index (χ4n) is 2.75. The second-order valence-corrected chi connectivity index (χ2v) is 6.18. The number of rotatable bonds is 10. The molecule has 0 fully saturated rings. The number of hydrogen-bond donors (Lipinski definition) is 0. The number of ether oxygens (including phenoxy) is 3. The predicted octanol–water partition coefficient (Wildman–Crippen LogP) is 3.85. The molecule has 0 spiro atoms. The molecule has 0 saturated heterocycles. The van der Waals surface area contributed by atoms with Gasteiger partial charge in [-0.3, -0.25) is 9.59 Å². The Balaban J connectivity index is 2.00. The standard InChI is InChI=1S/C23H27NO5/c1-5-24(6-2)23(26)16-29-19-11-7-17(8-12-19)21(25)14-10-18-9-13-20(27-3)15-22(18)28-4/h7-15H,5-6,16H2,1-4H3/b14-10+. The molecule has 1 amide bonds. The predicted molar refractivity (Wildman–Crippen MR) is 113 cm³/mol. The monoisotopic (exact) mass is 397 g/mol. The van der Waals surface area contributed by atoms with Gasteiger partial charge in [0.1, 0.15) is 17.2 Å². The van der Waals surface area contributed by atoms with Crippen molar-refractivity contribution in [1.29, 1.82) is 0 Å². The Labute approximate surface area is 171 Å². The first kappa shape index (κ1) is 22.0. The zero-order valence-corrected chi connectivity index (χ0v) is 17.3. The van der Waals surface area contributed by atoms with Crippen molar-refractivity contribution >= 4 is 17.8 Å². The summed E-state index contributed by atoms with van der Waals surface area (Å²) in [5.41, 5.74) is 1.30. The van der Waals surface area contributed by atoms with Crippen LogP contribution in [0, 0.1) is 0 Å². The van der Waals surface area contributed by atoms with Gasteiger partial charge in [0.05, 0.1) is 14.2 Å². The van der Waals surface area contributed by atoms with Crippen molar-refractivity contribution in [2.24, 2.45) is 0 Å². The van der Waals surface area contributed by atoms with Crippen LogP contribution in [0.5, 0.6) is 17.2 Å². The zero-order valence-electron chi connectivity index (χ0n) is 17.3. The van der Waals surface area contributed by atoms with Gasteiger partial charge in [-0.05, 0) is 62.4 Å². The summed E-state index contributed by atoms with van der Waals surface area (Å²) < 4.78 is 16.0. The zero-order chi connectivity index (χ0) is 21.2. The van der Waals surface area contributed by atoms with E-state index in [1.807, 2.05) is 19.9 Å². The van der Waals surface area contributed by atoms with Gasteiger partial charge >= 0.3 is 0 Å². The molecule has 0 saturated carbocycles. The fraction of sp³-hybridized carbons (Fsp3) is 0.304. The first-order chi connectivity index (χ1) is 14.0. The number of hydrogen-bond acceptors (Lipinski definition) is 5. The first-order valence-corrected chi connectivity index (χ1v) is 9.47. The van der Waals surface area contributed by atoms with Gasteiger partial charge in [0, 0.05) is 30.3 Å². The lowest BCUT2D eigenvalue weighted by Gasteiger charge is -2.18. The van der Waals surface area contributed by atoms with E-state index in [2.05, 4.69) is 0 Å². The number of carbonyl (C=O) groups is 2. The number of benzene rings is 2. The molecule has 6 nitrogen and oxygen atoms in total. The highest BCUT2D eigenvalue weighted by Crippen LogP contribution is 2.25. The summed E-state index contributed by atoms with van der Waals surface area (Å²) in [6.07, 6.45) is 3.19. The van der Waals surface area contributed by atoms with E-state index in [9.17, 15) is 9.59 Å². The number of ketones is 1. The van der Waals surface area contributed by atoms with E-state index in [-0.39, 0.29) is 18.3 Å². The maximum absolute atomic E-state index is 12.4. The summed E-state index contributed by atoms with van der Waals surface area (Å²) in [5, 5.41) is 0. The molecule has 0 radical (unpaired) electrons. The largest absolute Gasteiger partial charge is 0.497 e. The molecule has 0 bridgehead atoms. The summed E-state index contributed by atoms with van der Waals surface area (Å²) in [7, 11) is 3.15. The number of nitrogens with zero attached hydrogens (tertiary/aromatic N) is 1. The fourth-order valence-corrected chi connectivity index (χ4v) is 2.75. The van der Waals surface area contributed by atoms with Crippen LogP contribution in [0.15, 0.2) is 48.5 Å². The molecule has 0 atom stereocenters. The highest BCUT2D eigenvalue weighted by Gasteiger charge is 2.10. The van der Waals surface area contributed by atoms with Crippen molar-refractivity contribution in [3.8, 4) is 17.2 Å². The number of carbonyl (C=O) groups excluding carboxylic acids is 2. The third-order valence-electron chi connectivity index (χ3n) is 4.47. The maximum Gasteiger partial charge on any atom is 0.260 e. The van der Waals surface area contributed by atoms with Gasteiger partial charge < -0.3 is 19.1 Å². The van der Waals surface area contributed by atoms with Gasteiger partial charge in [0.15, 0.2) is 12.4 Å². The Hall–Kier alpha value is -3.28. The highest BCUT2D eigenvalue weighted by molar-refractivity contribution is 6.07. The van der Waals surface area contributed by atoms with Crippen molar-refractivity contribution in [2.75, 3.05) is 33.9 Å². The van der Waals surface area contributed by atoms with Gasteiger partial charge in [0.25, 0.3) is 5.91 Å². The van der Waals surface area contributed by atoms with Gasteiger partial charge in [0.2, 0.25) is 0 Å². The van der Waals surface area contributed by atoms with Crippen LogP contribution in [-0.4, -0.2) is 50.5 Å². The molecule has 0 aliphatic carbocycles. The Kier molecular flexibility index (Phi) is 8.27. The third kappa shape index (κ3) is 6.10. The average Bonchev–Trinajstić information content (AvgIpc) is 2.77.